The second-order valence-corrected chi connectivity index (χ2v) is 9.46. The first-order chi connectivity index (χ1) is 16.1. The van der Waals surface area contributed by atoms with Gasteiger partial charge in [0.1, 0.15) is 11.5 Å². The van der Waals surface area contributed by atoms with Gasteiger partial charge in [-0.05, 0) is 71.1 Å². The third-order valence-electron chi connectivity index (χ3n) is 5.88. The van der Waals surface area contributed by atoms with Crippen LogP contribution in [-0.2, 0) is 14.3 Å². The van der Waals surface area contributed by atoms with Crippen molar-refractivity contribution in [2.45, 2.75) is 33.2 Å². The number of aromatic nitrogens is 1. The zero-order chi connectivity index (χ0) is 25.2. The topological polar surface area (TPSA) is 103 Å². The fourth-order valence-electron chi connectivity index (χ4n) is 4.31. The van der Waals surface area contributed by atoms with E-state index in [1.165, 1.54) is 4.90 Å². The summed E-state index contributed by atoms with van der Waals surface area (Å²) in [7, 11) is 3.89. The molecule has 1 aromatic carbocycles. The van der Waals surface area contributed by atoms with Gasteiger partial charge in [0, 0.05) is 22.3 Å². The van der Waals surface area contributed by atoms with Gasteiger partial charge in [0.05, 0.1) is 18.2 Å². The summed E-state index contributed by atoms with van der Waals surface area (Å²) < 4.78 is 5.96. The van der Waals surface area contributed by atoms with Crippen molar-refractivity contribution in [3.63, 3.8) is 0 Å². The van der Waals surface area contributed by atoms with Gasteiger partial charge < -0.3 is 24.6 Å². The molecule has 0 saturated carbocycles. The summed E-state index contributed by atoms with van der Waals surface area (Å²) in [5, 5.41) is 11.4. The van der Waals surface area contributed by atoms with Crippen LogP contribution < -0.4 is 0 Å². The molecule has 8 nitrogen and oxygen atoms in total. The van der Waals surface area contributed by atoms with Crippen LogP contribution in [0.4, 0.5) is 0 Å². The molecule has 182 valence electrons. The van der Waals surface area contributed by atoms with E-state index >= 15 is 0 Å². The first-order valence-electron chi connectivity index (χ1n) is 11.1. The van der Waals surface area contributed by atoms with E-state index in [2.05, 4.69) is 20.9 Å². The molecule has 3 rings (SSSR count). The molecule has 1 fully saturated rings. The third kappa shape index (κ3) is 4.95. The van der Waals surface area contributed by atoms with Crippen LogP contribution >= 0.6 is 15.9 Å². The Bertz CT molecular complexity index is 1130. The van der Waals surface area contributed by atoms with Gasteiger partial charge in [-0.3, -0.25) is 9.59 Å². The maximum absolute atomic E-state index is 13.2. The molecule has 0 radical (unpaired) electrons. The highest BCUT2D eigenvalue weighted by atomic mass is 79.9. The second-order valence-electron chi connectivity index (χ2n) is 8.55. The molecule has 1 saturated heterocycles. The van der Waals surface area contributed by atoms with Crippen molar-refractivity contribution in [3.05, 3.63) is 62.4 Å². The van der Waals surface area contributed by atoms with Gasteiger partial charge in [-0.2, -0.15) is 0 Å². The molecule has 1 amide bonds. The summed E-state index contributed by atoms with van der Waals surface area (Å²) in [6.07, 6.45) is 0.669. The summed E-state index contributed by atoms with van der Waals surface area (Å²) in [6.45, 7) is 6.40. The first kappa shape index (κ1) is 25.7. The number of ether oxygens (including phenoxy) is 1. The number of aryl methyl sites for hydroxylation is 1. The van der Waals surface area contributed by atoms with Gasteiger partial charge in [-0.25, -0.2) is 4.79 Å². The standard InChI is InChI=1S/C25H30BrN3O5/c1-6-34-25(33)20-14(2)18(15(3)27-20)22(30)19-21(16-8-10-17(26)11-9-16)29(24(32)23(19)31)13-7-12-28(4)5/h8-11,21,27,30H,6-7,12-13H2,1-5H3/b22-19+. The number of likely N-dealkylation sites (tertiary alicyclic amines) is 1. The smallest absolute Gasteiger partial charge is 0.355 e. The number of rotatable bonds is 8. The van der Waals surface area contributed by atoms with Crippen LogP contribution in [0.2, 0.25) is 0 Å². The van der Waals surface area contributed by atoms with Crippen molar-refractivity contribution < 1.29 is 24.2 Å². The van der Waals surface area contributed by atoms with Gasteiger partial charge >= 0.3 is 5.97 Å². The summed E-state index contributed by atoms with van der Waals surface area (Å²) in [5.74, 6) is -2.24. The Balaban J connectivity index is 2.15. The fraction of sp³-hybridized carbons (Fsp3) is 0.400. The summed E-state index contributed by atoms with van der Waals surface area (Å²) in [4.78, 5) is 45.1. The Morgan fingerprint density at radius 1 is 1.21 bits per heavy atom. The maximum atomic E-state index is 13.2. The van der Waals surface area contributed by atoms with Crippen molar-refractivity contribution in [3.8, 4) is 0 Å². The van der Waals surface area contributed by atoms with E-state index in [0.29, 0.717) is 35.3 Å². The number of nitrogens with zero attached hydrogens (tertiary/aromatic N) is 2. The third-order valence-corrected chi connectivity index (χ3v) is 6.41. The van der Waals surface area contributed by atoms with Crippen LogP contribution in [0, 0.1) is 13.8 Å². The molecule has 34 heavy (non-hydrogen) atoms. The number of nitrogens with one attached hydrogen (secondary N) is 1. The number of Topliss-reactive ketones (excluding diaryl/α,β-unsaturated/α-hetero) is 1. The molecular formula is C25H30BrN3O5. The van der Waals surface area contributed by atoms with E-state index in [1.807, 2.05) is 43.3 Å². The van der Waals surface area contributed by atoms with Crippen LogP contribution in [0.3, 0.4) is 0 Å². The minimum Gasteiger partial charge on any atom is -0.507 e. The fourth-order valence-corrected chi connectivity index (χ4v) is 4.57. The zero-order valence-electron chi connectivity index (χ0n) is 20.1. The van der Waals surface area contributed by atoms with Crippen molar-refractivity contribution in [2.75, 3.05) is 33.8 Å². The first-order valence-corrected chi connectivity index (χ1v) is 11.9. The average molecular weight is 532 g/mol. The number of halogens is 1. The molecule has 0 spiro atoms. The predicted octanol–water partition coefficient (Wildman–Crippen LogP) is 3.94. The van der Waals surface area contributed by atoms with Gasteiger partial charge in [0.15, 0.2) is 0 Å². The Morgan fingerprint density at radius 3 is 2.44 bits per heavy atom. The number of aliphatic hydroxyl groups excluding tert-OH is 1. The molecule has 0 bridgehead atoms. The molecule has 2 heterocycles. The number of amides is 1. The minimum absolute atomic E-state index is 0.0118. The number of aliphatic hydroxyl groups is 1. The summed E-state index contributed by atoms with van der Waals surface area (Å²) >= 11 is 3.42. The molecule has 9 heteroatoms. The molecule has 1 unspecified atom stereocenters. The largest absolute Gasteiger partial charge is 0.507 e. The number of carbonyl (C=O) groups is 3. The minimum atomic E-state index is -0.743. The molecular weight excluding hydrogens is 502 g/mol. The maximum Gasteiger partial charge on any atom is 0.355 e. The van der Waals surface area contributed by atoms with E-state index in [1.54, 1.807) is 20.8 Å². The lowest BCUT2D eigenvalue weighted by atomic mass is 9.94. The molecule has 0 aliphatic carbocycles. The van der Waals surface area contributed by atoms with Crippen LogP contribution in [0.1, 0.15) is 52.3 Å². The predicted molar refractivity (Wildman–Crippen MR) is 133 cm³/mol. The number of hydrogen-bond donors (Lipinski definition) is 2. The average Bonchev–Trinajstić information content (AvgIpc) is 3.21. The normalized spacial score (nSPS) is 17.6. The lowest BCUT2D eigenvalue weighted by molar-refractivity contribution is -0.139. The van der Waals surface area contributed by atoms with E-state index in [4.69, 9.17) is 4.74 Å². The molecule has 1 aliphatic heterocycles. The van der Waals surface area contributed by atoms with Crippen LogP contribution in [0.25, 0.3) is 5.76 Å². The Labute approximate surface area is 207 Å². The number of aromatic amines is 1. The van der Waals surface area contributed by atoms with E-state index in [0.717, 1.165) is 11.0 Å². The van der Waals surface area contributed by atoms with Gasteiger partial charge in [0.25, 0.3) is 11.7 Å². The van der Waals surface area contributed by atoms with Gasteiger partial charge in [0.2, 0.25) is 0 Å². The Morgan fingerprint density at radius 2 is 1.85 bits per heavy atom. The molecule has 1 aromatic heterocycles. The summed E-state index contributed by atoms with van der Waals surface area (Å²) in [5.41, 5.74) is 2.23. The molecule has 2 aromatic rings. The van der Waals surface area contributed by atoms with Crippen LogP contribution in [0.15, 0.2) is 34.3 Å². The highest BCUT2D eigenvalue weighted by molar-refractivity contribution is 9.10. The van der Waals surface area contributed by atoms with E-state index in [-0.39, 0.29) is 23.6 Å². The SMILES string of the molecule is CCOC(=O)c1[nH]c(C)c(/C(O)=C2\C(=O)C(=O)N(CCCN(C)C)C2c2ccc(Br)cc2)c1C. The van der Waals surface area contributed by atoms with Gasteiger partial charge in [-0.1, -0.05) is 28.1 Å². The van der Waals surface area contributed by atoms with E-state index < -0.39 is 23.7 Å². The molecule has 1 atom stereocenters. The number of carbonyl (C=O) groups excluding carboxylic acids is 3. The highest BCUT2D eigenvalue weighted by Crippen LogP contribution is 2.41. The second kappa shape index (κ2) is 10.6. The quantitative estimate of drug-likeness (QED) is 0.231. The number of benzene rings is 1. The van der Waals surface area contributed by atoms with Crippen molar-refractivity contribution in [1.82, 2.24) is 14.8 Å². The van der Waals surface area contributed by atoms with E-state index in [9.17, 15) is 19.5 Å². The van der Waals surface area contributed by atoms with Crippen LogP contribution in [0.5, 0.6) is 0 Å². The zero-order valence-corrected chi connectivity index (χ0v) is 21.7. The molecule has 1 aliphatic rings. The monoisotopic (exact) mass is 531 g/mol. The number of hydrogen-bond acceptors (Lipinski definition) is 6. The van der Waals surface area contributed by atoms with Gasteiger partial charge in [-0.15, -0.1) is 0 Å². The van der Waals surface area contributed by atoms with Crippen molar-refractivity contribution in [2.24, 2.45) is 0 Å². The Hall–Kier alpha value is -2.91. The van der Waals surface area contributed by atoms with Crippen molar-refractivity contribution >= 4 is 39.3 Å². The number of H-pyrrole nitrogens is 1. The van der Waals surface area contributed by atoms with Crippen LogP contribution in [-0.4, -0.2) is 71.3 Å². The lowest BCUT2D eigenvalue weighted by Crippen LogP contribution is -2.32. The van der Waals surface area contributed by atoms with Crippen molar-refractivity contribution in [1.29, 1.82) is 0 Å². The summed E-state index contributed by atoms with van der Waals surface area (Å²) in [6, 6.07) is 6.58. The lowest BCUT2D eigenvalue weighted by Gasteiger charge is -2.26. The Kier molecular flexibility index (Phi) is 7.99. The highest BCUT2D eigenvalue weighted by Gasteiger charge is 2.46. The number of esters is 1. The number of ketones is 1. The molecule has 2 N–H and O–H groups in total.